The molecule has 0 saturated heterocycles. The standard InChI is InChI=1S/C8H10N6O/c1-14(4-7-9-5-11-13-7)8(15)6-2-3-10-12-6/h2-3,5H,4H2,1H3,(H,10,12)(H,9,11,13). The van der Waals surface area contributed by atoms with Crippen LogP contribution in [0.25, 0.3) is 0 Å². The van der Waals surface area contributed by atoms with E-state index in [1.807, 2.05) is 0 Å². The number of rotatable bonds is 3. The molecule has 2 rings (SSSR count). The van der Waals surface area contributed by atoms with Crippen molar-refractivity contribution in [2.45, 2.75) is 6.54 Å². The molecule has 2 N–H and O–H groups in total. The van der Waals surface area contributed by atoms with E-state index in [1.54, 1.807) is 13.1 Å². The molecule has 2 aromatic heterocycles. The van der Waals surface area contributed by atoms with Crippen molar-refractivity contribution in [1.29, 1.82) is 0 Å². The number of H-pyrrole nitrogens is 2. The molecule has 0 atom stereocenters. The van der Waals surface area contributed by atoms with Gasteiger partial charge in [-0.05, 0) is 6.07 Å². The molecule has 0 aromatic carbocycles. The van der Waals surface area contributed by atoms with Crippen molar-refractivity contribution >= 4 is 5.91 Å². The number of hydrogen-bond acceptors (Lipinski definition) is 4. The predicted molar refractivity (Wildman–Crippen MR) is 50.8 cm³/mol. The fourth-order valence-corrected chi connectivity index (χ4v) is 1.18. The topological polar surface area (TPSA) is 90.6 Å². The van der Waals surface area contributed by atoms with Crippen LogP contribution in [-0.2, 0) is 6.54 Å². The third-order valence-corrected chi connectivity index (χ3v) is 1.93. The number of aromatic amines is 2. The Morgan fingerprint density at radius 2 is 2.33 bits per heavy atom. The quantitative estimate of drug-likeness (QED) is 0.727. The second-order valence-corrected chi connectivity index (χ2v) is 3.06. The summed E-state index contributed by atoms with van der Waals surface area (Å²) in [7, 11) is 1.69. The van der Waals surface area contributed by atoms with Gasteiger partial charge in [0, 0.05) is 13.2 Å². The van der Waals surface area contributed by atoms with Crippen molar-refractivity contribution in [2.24, 2.45) is 0 Å². The second-order valence-electron chi connectivity index (χ2n) is 3.06. The fraction of sp³-hybridized carbons (Fsp3) is 0.250. The minimum absolute atomic E-state index is 0.135. The summed E-state index contributed by atoms with van der Waals surface area (Å²) in [5.74, 6) is 0.509. The van der Waals surface area contributed by atoms with Crippen LogP contribution in [0.1, 0.15) is 16.3 Å². The van der Waals surface area contributed by atoms with Gasteiger partial charge in [-0.3, -0.25) is 15.0 Å². The molecule has 0 radical (unpaired) electrons. The van der Waals surface area contributed by atoms with Gasteiger partial charge in [0.15, 0.2) is 0 Å². The van der Waals surface area contributed by atoms with E-state index in [-0.39, 0.29) is 5.91 Å². The zero-order valence-electron chi connectivity index (χ0n) is 8.14. The lowest BCUT2D eigenvalue weighted by Gasteiger charge is -2.13. The minimum Gasteiger partial charge on any atom is -0.333 e. The molecule has 7 heteroatoms. The molecule has 0 aliphatic carbocycles. The Kier molecular flexibility index (Phi) is 2.44. The van der Waals surface area contributed by atoms with E-state index in [0.717, 1.165) is 0 Å². The predicted octanol–water partition coefficient (Wildman–Crippen LogP) is -0.200. The lowest BCUT2D eigenvalue weighted by molar-refractivity contribution is 0.0776. The molecule has 0 spiro atoms. The third-order valence-electron chi connectivity index (χ3n) is 1.93. The van der Waals surface area contributed by atoms with Gasteiger partial charge in [0.05, 0.1) is 6.54 Å². The normalized spacial score (nSPS) is 10.2. The van der Waals surface area contributed by atoms with Crippen molar-refractivity contribution in [1.82, 2.24) is 30.3 Å². The maximum absolute atomic E-state index is 11.7. The van der Waals surface area contributed by atoms with E-state index in [0.29, 0.717) is 18.1 Å². The Labute approximate surface area is 85.5 Å². The van der Waals surface area contributed by atoms with Gasteiger partial charge in [0.1, 0.15) is 17.8 Å². The van der Waals surface area contributed by atoms with Crippen LogP contribution in [0.15, 0.2) is 18.6 Å². The Morgan fingerprint density at radius 1 is 1.47 bits per heavy atom. The molecule has 0 fully saturated rings. The Balaban J connectivity index is 2.03. The number of nitrogens with zero attached hydrogens (tertiary/aromatic N) is 4. The zero-order valence-corrected chi connectivity index (χ0v) is 8.14. The summed E-state index contributed by atoms with van der Waals surface area (Å²) >= 11 is 0. The van der Waals surface area contributed by atoms with Crippen molar-refractivity contribution in [3.8, 4) is 0 Å². The van der Waals surface area contributed by atoms with E-state index >= 15 is 0 Å². The van der Waals surface area contributed by atoms with Gasteiger partial charge in [0.25, 0.3) is 5.91 Å². The molecular weight excluding hydrogens is 196 g/mol. The summed E-state index contributed by atoms with van der Waals surface area (Å²) in [6, 6.07) is 1.62. The summed E-state index contributed by atoms with van der Waals surface area (Å²) in [5, 5.41) is 12.7. The van der Waals surface area contributed by atoms with Gasteiger partial charge in [-0.1, -0.05) is 0 Å². The number of aromatic nitrogens is 5. The fourth-order valence-electron chi connectivity index (χ4n) is 1.18. The van der Waals surface area contributed by atoms with Crippen LogP contribution >= 0.6 is 0 Å². The minimum atomic E-state index is -0.135. The Hall–Kier alpha value is -2.18. The summed E-state index contributed by atoms with van der Waals surface area (Å²) in [5.41, 5.74) is 0.456. The van der Waals surface area contributed by atoms with Gasteiger partial charge in [0.2, 0.25) is 0 Å². The molecule has 78 valence electrons. The average molecular weight is 206 g/mol. The first kappa shape index (κ1) is 9.38. The smallest absolute Gasteiger partial charge is 0.272 e. The third kappa shape index (κ3) is 2.01. The van der Waals surface area contributed by atoms with E-state index < -0.39 is 0 Å². The van der Waals surface area contributed by atoms with E-state index in [4.69, 9.17) is 0 Å². The number of carbonyl (C=O) groups excluding carboxylic acids is 1. The molecule has 0 unspecified atom stereocenters. The second kappa shape index (κ2) is 3.91. The highest BCUT2D eigenvalue weighted by Crippen LogP contribution is 2.01. The Morgan fingerprint density at radius 3 is 2.93 bits per heavy atom. The van der Waals surface area contributed by atoms with Gasteiger partial charge < -0.3 is 4.90 Å². The highest BCUT2D eigenvalue weighted by molar-refractivity contribution is 5.91. The lowest BCUT2D eigenvalue weighted by atomic mass is 10.3. The molecule has 1 amide bonds. The molecule has 15 heavy (non-hydrogen) atoms. The van der Waals surface area contributed by atoms with E-state index in [9.17, 15) is 4.79 Å². The highest BCUT2D eigenvalue weighted by atomic mass is 16.2. The maximum Gasteiger partial charge on any atom is 0.272 e. The van der Waals surface area contributed by atoms with Gasteiger partial charge in [-0.15, -0.1) is 0 Å². The molecule has 7 nitrogen and oxygen atoms in total. The van der Waals surface area contributed by atoms with Gasteiger partial charge in [-0.25, -0.2) is 4.98 Å². The lowest BCUT2D eigenvalue weighted by Crippen LogP contribution is -2.27. The highest BCUT2D eigenvalue weighted by Gasteiger charge is 2.13. The number of hydrogen-bond donors (Lipinski definition) is 2. The van der Waals surface area contributed by atoms with E-state index in [1.165, 1.54) is 17.4 Å². The monoisotopic (exact) mass is 206 g/mol. The number of amides is 1. The first-order valence-electron chi connectivity index (χ1n) is 4.36. The van der Waals surface area contributed by atoms with Crippen LogP contribution in [0.4, 0.5) is 0 Å². The first-order valence-corrected chi connectivity index (χ1v) is 4.36. The molecule has 0 saturated carbocycles. The van der Waals surface area contributed by atoms with Crippen LogP contribution in [0.2, 0.25) is 0 Å². The Bertz CT molecular complexity index is 420. The molecule has 0 aliphatic rings. The first-order chi connectivity index (χ1) is 7.27. The van der Waals surface area contributed by atoms with Gasteiger partial charge in [-0.2, -0.15) is 10.2 Å². The van der Waals surface area contributed by atoms with Crippen molar-refractivity contribution < 1.29 is 4.79 Å². The number of nitrogens with one attached hydrogen (secondary N) is 2. The molecular formula is C8H10N6O. The summed E-state index contributed by atoms with van der Waals surface area (Å²) < 4.78 is 0. The summed E-state index contributed by atoms with van der Waals surface area (Å²) in [6.07, 6.45) is 2.94. The molecule has 2 heterocycles. The largest absolute Gasteiger partial charge is 0.333 e. The van der Waals surface area contributed by atoms with Crippen LogP contribution in [0, 0.1) is 0 Å². The van der Waals surface area contributed by atoms with Crippen molar-refractivity contribution in [2.75, 3.05) is 7.05 Å². The summed E-state index contributed by atoms with van der Waals surface area (Å²) in [4.78, 5) is 17.2. The zero-order chi connectivity index (χ0) is 10.7. The van der Waals surface area contributed by atoms with Crippen LogP contribution in [-0.4, -0.2) is 43.2 Å². The number of carbonyl (C=O) groups is 1. The summed E-state index contributed by atoms with van der Waals surface area (Å²) in [6.45, 7) is 0.387. The van der Waals surface area contributed by atoms with Crippen LogP contribution in [0.5, 0.6) is 0 Å². The van der Waals surface area contributed by atoms with Gasteiger partial charge >= 0.3 is 0 Å². The van der Waals surface area contributed by atoms with Crippen LogP contribution in [0.3, 0.4) is 0 Å². The molecule has 0 bridgehead atoms. The molecule has 0 aliphatic heterocycles. The molecule has 2 aromatic rings. The van der Waals surface area contributed by atoms with Crippen molar-refractivity contribution in [3.05, 3.63) is 30.1 Å². The maximum atomic E-state index is 11.7. The van der Waals surface area contributed by atoms with E-state index in [2.05, 4.69) is 25.4 Å². The SMILES string of the molecule is CN(Cc1ncn[nH]1)C(=O)c1ccn[nH]1. The van der Waals surface area contributed by atoms with Crippen LogP contribution < -0.4 is 0 Å². The van der Waals surface area contributed by atoms with Crippen molar-refractivity contribution in [3.63, 3.8) is 0 Å². The average Bonchev–Trinajstić information content (AvgIpc) is 2.88.